The number of ether oxygens (including phenoxy) is 2. The molecule has 0 aromatic heterocycles. The van der Waals surface area contributed by atoms with E-state index in [4.69, 9.17) is 53.1 Å². The predicted molar refractivity (Wildman–Crippen MR) is 236 cm³/mol. The average molecular weight is 889 g/mol. The van der Waals surface area contributed by atoms with Gasteiger partial charge in [-0.3, -0.25) is 14.4 Å². The van der Waals surface area contributed by atoms with Crippen LogP contribution in [0.3, 0.4) is 0 Å². The summed E-state index contributed by atoms with van der Waals surface area (Å²) in [4.78, 5) is 40.4. The second kappa shape index (κ2) is 39.3. The topological polar surface area (TPSA) is 279 Å². The summed E-state index contributed by atoms with van der Waals surface area (Å²) in [5.74, 6) is -2.35. The van der Waals surface area contributed by atoms with E-state index in [1.807, 2.05) is 26.0 Å². The molecule has 0 heterocycles. The van der Waals surface area contributed by atoms with E-state index >= 15 is 0 Å². The zero-order chi connectivity index (χ0) is 48.8. The second-order valence-corrected chi connectivity index (χ2v) is 14.3. The summed E-state index contributed by atoms with van der Waals surface area (Å²) in [6.07, 6.45) is 9.98. The number of rotatable bonds is 19. The molecule has 17 heteroatoms. The molecule has 0 aliphatic carbocycles. The Morgan fingerprint density at radius 1 is 0.635 bits per heavy atom. The van der Waals surface area contributed by atoms with E-state index in [9.17, 15) is 32.3 Å². The van der Waals surface area contributed by atoms with Gasteiger partial charge in [0.2, 0.25) is 0 Å². The molecule has 14 nitrogen and oxygen atoms in total. The summed E-state index contributed by atoms with van der Waals surface area (Å²) >= 11 is 0. The fraction of sp³-hybridized carbons (Fsp3) is 0.478. The molecule has 63 heavy (non-hydrogen) atoms. The quantitative estimate of drug-likeness (QED) is 0.0501. The number of carbonyl (C=O) groups is 4. The van der Waals surface area contributed by atoms with E-state index in [1.54, 1.807) is 14.2 Å². The second-order valence-electron chi connectivity index (χ2n) is 14.3. The minimum atomic E-state index is -1.12. The Balaban J connectivity index is -0.000000689. The van der Waals surface area contributed by atoms with E-state index < -0.39 is 35.9 Å². The van der Waals surface area contributed by atoms with Crippen molar-refractivity contribution in [1.29, 1.82) is 10.5 Å². The maximum atomic E-state index is 12.4. The van der Waals surface area contributed by atoms with Gasteiger partial charge in [-0.15, -0.1) is 0 Å². The molecule has 4 unspecified atom stereocenters. The Kier molecular flexibility index (Phi) is 38.6. The molecule has 350 valence electrons. The molecule has 0 saturated carbocycles. The number of benzene rings is 3. The first-order valence-corrected chi connectivity index (χ1v) is 20.2. The summed E-state index contributed by atoms with van der Waals surface area (Å²) in [6.45, 7) is 8.31. The number of aldehydes is 2. The number of aliphatic carboxylic acids is 2. The summed E-state index contributed by atoms with van der Waals surface area (Å²) in [5, 5.41) is 33.7. The van der Waals surface area contributed by atoms with Crippen molar-refractivity contribution in [3.63, 3.8) is 0 Å². The van der Waals surface area contributed by atoms with Crippen LogP contribution in [0.5, 0.6) is 0 Å². The van der Waals surface area contributed by atoms with E-state index in [-0.39, 0.29) is 29.9 Å². The van der Waals surface area contributed by atoms with Crippen LogP contribution in [0, 0.1) is 46.0 Å². The van der Waals surface area contributed by atoms with E-state index in [1.165, 1.54) is 79.2 Å². The molecule has 10 N–H and O–H groups in total. The normalized spacial score (nSPS) is 12.7. The number of carboxylic acids is 2. The first kappa shape index (κ1) is 61.8. The monoisotopic (exact) mass is 888 g/mol. The number of unbranched alkanes of at least 4 members (excludes halogenated alkanes) is 1. The fourth-order valence-corrected chi connectivity index (χ4v) is 4.38. The molecule has 0 radical (unpaired) electrons. The molecule has 0 bridgehead atoms. The Morgan fingerprint density at radius 2 is 1.06 bits per heavy atom. The lowest BCUT2D eigenvalue weighted by Gasteiger charge is -2.10. The van der Waals surface area contributed by atoms with Crippen LogP contribution in [-0.4, -0.2) is 73.2 Å². The van der Waals surface area contributed by atoms with Gasteiger partial charge in [0.1, 0.15) is 48.1 Å². The highest BCUT2D eigenvalue weighted by Crippen LogP contribution is 2.11. The Hall–Kier alpha value is -5.53. The summed E-state index contributed by atoms with van der Waals surface area (Å²) in [5.41, 5.74) is 22.9. The first-order chi connectivity index (χ1) is 29.7. The van der Waals surface area contributed by atoms with Gasteiger partial charge in [0.05, 0.1) is 30.4 Å². The number of carboxylic acid groups (broad SMARTS) is 2. The summed E-state index contributed by atoms with van der Waals surface area (Å²) < 4.78 is 46.8. The third-order valence-electron chi connectivity index (χ3n) is 8.51. The molecular formula is C46H67F3N6O8. The van der Waals surface area contributed by atoms with Crippen molar-refractivity contribution in [2.24, 2.45) is 28.9 Å². The minimum Gasteiger partial charge on any atom is -0.480 e. The van der Waals surface area contributed by atoms with Crippen molar-refractivity contribution in [3.8, 4) is 12.1 Å². The smallest absolute Gasteiger partial charge is 0.325 e. The van der Waals surface area contributed by atoms with Crippen molar-refractivity contribution < 1.29 is 52.0 Å². The van der Waals surface area contributed by atoms with Gasteiger partial charge < -0.3 is 47.4 Å². The van der Waals surface area contributed by atoms with Crippen LogP contribution in [0.2, 0.25) is 0 Å². The van der Waals surface area contributed by atoms with E-state index in [2.05, 4.69) is 13.8 Å². The van der Waals surface area contributed by atoms with Gasteiger partial charge in [0.15, 0.2) is 0 Å². The lowest BCUT2D eigenvalue weighted by molar-refractivity contribution is -0.139. The lowest BCUT2D eigenvalue weighted by atomic mass is 10.1. The maximum absolute atomic E-state index is 12.4. The molecule has 3 aromatic rings. The lowest BCUT2D eigenvalue weighted by Crippen LogP contribution is -2.30. The van der Waals surface area contributed by atoms with E-state index in [0.29, 0.717) is 29.4 Å². The zero-order valence-corrected chi connectivity index (χ0v) is 37.2. The van der Waals surface area contributed by atoms with Crippen LogP contribution in [0.1, 0.15) is 119 Å². The number of nitrogens with zero attached hydrogens (tertiary/aromatic N) is 2. The van der Waals surface area contributed by atoms with Crippen LogP contribution in [0.4, 0.5) is 13.2 Å². The van der Waals surface area contributed by atoms with Crippen LogP contribution >= 0.6 is 0 Å². The van der Waals surface area contributed by atoms with Gasteiger partial charge in [0, 0.05) is 26.2 Å². The van der Waals surface area contributed by atoms with Crippen molar-refractivity contribution in [3.05, 3.63) is 107 Å². The van der Waals surface area contributed by atoms with Crippen molar-refractivity contribution in [1.82, 2.24) is 0 Å². The van der Waals surface area contributed by atoms with Gasteiger partial charge >= 0.3 is 11.9 Å². The first-order valence-electron chi connectivity index (χ1n) is 20.2. The van der Waals surface area contributed by atoms with Crippen LogP contribution < -0.4 is 22.9 Å². The minimum absolute atomic E-state index is 0.186. The van der Waals surface area contributed by atoms with Gasteiger partial charge in [-0.05, 0) is 124 Å². The highest BCUT2D eigenvalue weighted by molar-refractivity contribution is 5.75. The molecule has 3 aromatic carbocycles. The molecule has 0 aliphatic heterocycles. The molecule has 0 fully saturated rings. The largest absolute Gasteiger partial charge is 0.480 e. The number of nitrogens with two attached hydrogens (primary N) is 4. The molecule has 0 amide bonds. The number of halogens is 3. The Morgan fingerprint density at radius 3 is 1.41 bits per heavy atom. The molecule has 0 aliphatic rings. The third-order valence-corrected chi connectivity index (χ3v) is 8.51. The van der Waals surface area contributed by atoms with Gasteiger partial charge in [-0.1, -0.05) is 44.5 Å². The number of hydrogen-bond acceptors (Lipinski definition) is 12. The predicted octanol–water partition coefficient (Wildman–Crippen LogP) is 7.55. The molecular weight excluding hydrogens is 822 g/mol. The van der Waals surface area contributed by atoms with E-state index in [0.717, 1.165) is 57.1 Å². The van der Waals surface area contributed by atoms with Crippen LogP contribution in [-0.2, 0) is 23.9 Å². The molecule has 0 saturated heterocycles. The van der Waals surface area contributed by atoms with Crippen molar-refractivity contribution in [2.45, 2.75) is 122 Å². The number of methoxy groups -OCH3 is 2. The Bertz CT molecular complexity index is 1720. The molecule has 3 rings (SSSR count). The van der Waals surface area contributed by atoms with Crippen LogP contribution in [0.25, 0.3) is 0 Å². The van der Waals surface area contributed by atoms with Gasteiger partial charge in [0.25, 0.3) is 0 Å². The highest BCUT2D eigenvalue weighted by atomic mass is 19.1. The SMILES string of the molecule is CC(C)CCCC=O.COC(C)CCCC(N)C#N.COC(C)CCC[C@H](N)C(=O)O.N#CC(N)c1ccc(F)cc1.N[C@@H](C(=O)O)c1ccc(F)cc1.O=Cc1ccc(F)cc1. The standard InChI is InChI=1S/C8H7FN2.C8H8FNO2.C8H16N2O.C8H17NO3.C7H5FO.C7H14O/c9-7-3-1-6(2-4-7)8(11)5-10;9-6-3-1-5(2-4-6)7(10)8(11)12;1-7(11-2)4-3-5-8(10)6-9;1-6(12-2)4-3-5-7(9)8(10)11;8-7-3-1-6(5-9)2-4-7;1-7(2)5-3-4-6-8/h1-4,8H,11H2;1-4,7H,10H2,(H,11,12);7-8H,3-5,10H2,1-2H3;6-7H,3-5,9H2,1-2H3,(H,10,11);1-5H;6-7H,3-5H2,1-2H3/t;7-;;6?,7-;;/m.1.0../s1. The maximum Gasteiger partial charge on any atom is 0.325 e. The summed E-state index contributed by atoms with van der Waals surface area (Å²) in [6, 6.07) is 17.1. The summed E-state index contributed by atoms with van der Waals surface area (Å²) in [7, 11) is 3.33. The highest BCUT2D eigenvalue weighted by Gasteiger charge is 2.13. The van der Waals surface area contributed by atoms with Gasteiger partial charge in [-0.2, -0.15) is 10.5 Å². The third kappa shape index (κ3) is 36.8. The number of hydrogen-bond donors (Lipinski definition) is 6. The number of carbonyl (C=O) groups excluding carboxylic acids is 2. The molecule has 0 spiro atoms. The zero-order valence-electron chi connectivity index (χ0n) is 37.2. The molecule has 6 atom stereocenters. The number of nitriles is 2. The van der Waals surface area contributed by atoms with Crippen LogP contribution in [0.15, 0.2) is 72.8 Å². The fourth-order valence-electron chi connectivity index (χ4n) is 4.38. The average Bonchev–Trinajstić information content (AvgIpc) is 3.27. The van der Waals surface area contributed by atoms with Gasteiger partial charge in [-0.25, -0.2) is 13.2 Å². The Labute approximate surface area is 370 Å². The van der Waals surface area contributed by atoms with Crippen molar-refractivity contribution in [2.75, 3.05) is 14.2 Å². The van der Waals surface area contributed by atoms with Crippen molar-refractivity contribution >= 4 is 24.5 Å².